The number of carbonyl (C=O) groups is 1. The third-order valence-corrected chi connectivity index (χ3v) is 5.02. The number of carbonyl (C=O) groups excluding carboxylic acids is 1. The van der Waals surface area contributed by atoms with Gasteiger partial charge in [-0.15, -0.1) is 0 Å². The molecule has 1 heterocycles. The van der Waals surface area contributed by atoms with E-state index < -0.39 is 5.54 Å². The zero-order valence-electron chi connectivity index (χ0n) is 13.7. The van der Waals surface area contributed by atoms with Gasteiger partial charge in [0.1, 0.15) is 5.54 Å². The monoisotopic (exact) mass is 269 g/mol. The minimum atomic E-state index is -0.600. The highest BCUT2D eigenvalue weighted by atomic mass is 16.2. The molecule has 2 N–H and O–H groups in total. The predicted octanol–water partition coefficient (Wildman–Crippen LogP) is 2.53. The Hall–Kier alpha value is -0.610. The third kappa shape index (κ3) is 2.40. The van der Waals surface area contributed by atoms with E-state index >= 15 is 0 Å². The molecule has 4 nitrogen and oxygen atoms in total. The van der Waals surface area contributed by atoms with Crippen molar-refractivity contribution < 1.29 is 4.79 Å². The Labute approximate surface area is 118 Å². The molecule has 0 aromatic carbocycles. The van der Waals surface area contributed by atoms with E-state index in [1.165, 1.54) is 0 Å². The number of hydrogen-bond donors (Lipinski definition) is 1. The van der Waals surface area contributed by atoms with Crippen LogP contribution in [0, 0.1) is 0 Å². The van der Waals surface area contributed by atoms with Gasteiger partial charge in [0.25, 0.3) is 0 Å². The van der Waals surface area contributed by atoms with Gasteiger partial charge in [-0.3, -0.25) is 10.6 Å². The normalized spacial score (nSPS) is 28.8. The number of nitrogens with zero attached hydrogens (tertiary/aromatic N) is 2. The lowest BCUT2D eigenvalue weighted by molar-refractivity contribution is -0.175. The molecule has 1 amide bonds. The highest BCUT2D eigenvalue weighted by Crippen LogP contribution is 2.39. The second-order valence-corrected chi connectivity index (χ2v) is 6.99. The molecule has 4 heteroatoms. The zero-order chi connectivity index (χ0) is 15.1. The molecule has 0 aromatic heterocycles. The summed E-state index contributed by atoms with van der Waals surface area (Å²) in [7, 11) is 0. The summed E-state index contributed by atoms with van der Waals surface area (Å²) in [5.74, 6) is 6.56. The lowest BCUT2D eigenvalue weighted by atomic mass is 9.79. The number of piperazine rings is 1. The van der Waals surface area contributed by atoms with Crippen molar-refractivity contribution in [1.29, 1.82) is 0 Å². The van der Waals surface area contributed by atoms with Crippen LogP contribution in [0.5, 0.6) is 0 Å². The molecule has 0 aromatic rings. The average molecular weight is 269 g/mol. The first-order valence-corrected chi connectivity index (χ1v) is 7.46. The molecular formula is C15H31N3O. The van der Waals surface area contributed by atoms with Gasteiger partial charge in [0, 0.05) is 12.1 Å². The van der Waals surface area contributed by atoms with E-state index in [4.69, 9.17) is 5.84 Å². The van der Waals surface area contributed by atoms with Crippen LogP contribution >= 0.6 is 0 Å². The fraction of sp³-hybridized carbons (Fsp3) is 0.933. The summed E-state index contributed by atoms with van der Waals surface area (Å²) < 4.78 is 0. The lowest BCUT2D eigenvalue weighted by Gasteiger charge is -2.59. The van der Waals surface area contributed by atoms with Gasteiger partial charge in [0.05, 0.1) is 5.54 Å². The summed E-state index contributed by atoms with van der Waals surface area (Å²) in [6, 6.07) is 0. The predicted molar refractivity (Wildman–Crippen MR) is 79.5 cm³/mol. The van der Waals surface area contributed by atoms with E-state index in [-0.39, 0.29) is 17.0 Å². The quantitative estimate of drug-likeness (QED) is 0.801. The largest absolute Gasteiger partial charge is 0.334 e. The molecule has 1 atom stereocenters. The minimum absolute atomic E-state index is 0.119. The standard InChI is InChI=1S/C15H31N3O/c1-8-14(7)12(19)17(13(4,5)6)11-15(9-2,10-3)18(14)16/h8-11,16H2,1-7H3. The highest BCUT2D eigenvalue weighted by Gasteiger charge is 2.55. The van der Waals surface area contributed by atoms with E-state index in [0.717, 1.165) is 19.3 Å². The van der Waals surface area contributed by atoms with E-state index in [1.807, 2.05) is 23.8 Å². The molecule has 0 radical (unpaired) electrons. The SMILES string of the molecule is CCC1(CC)CN(C(C)(C)C)C(=O)C(C)(CC)N1N. The van der Waals surface area contributed by atoms with Crippen molar-refractivity contribution >= 4 is 5.91 Å². The summed E-state index contributed by atoms with van der Waals surface area (Å²) in [5, 5.41) is 1.85. The molecule has 1 saturated heterocycles. The zero-order valence-corrected chi connectivity index (χ0v) is 13.7. The van der Waals surface area contributed by atoms with E-state index in [1.54, 1.807) is 0 Å². The highest BCUT2D eigenvalue weighted by molar-refractivity contribution is 5.87. The Kier molecular flexibility index (Phi) is 4.38. The van der Waals surface area contributed by atoms with Gasteiger partial charge in [-0.25, -0.2) is 5.01 Å². The minimum Gasteiger partial charge on any atom is -0.334 e. The second kappa shape index (κ2) is 5.06. The molecule has 1 aliphatic heterocycles. The Morgan fingerprint density at radius 3 is 1.95 bits per heavy atom. The first kappa shape index (κ1) is 16.4. The second-order valence-electron chi connectivity index (χ2n) is 6.99. The van der Waals surface area contributed by atoms with Gasteiger partial charge >= 0.3 is 0 Å². The molecule has 0 saturated carbocycles. The van der Waals surface area contributed by atoms with Gasteiger partial charge < -0.3 is 4.90 Å². The van der Waals surface area contributed by atoms with E-state index in [9.17, 15) is 4.79 Å². The Morgan fingerprint density at radius 2 is 1.63 bits per heavy atom. The molecule has 0 aliphatic carbocycles. The van der Waals surface area contributed by atoms with Crippen molar-refractivity contribution in [2.75, 3.05) is 6.54 Å². The maximum Gasteiger partial charge on any atom is 0.244 e. The number of rotatable bonds is 3. The number of amides is 1. The van der Waals surface area contributed by atoms with Crippen LogP contribution < -0.4 is 5.84 Å². The molecular weight excluding hydrogens is 238 g/mol. The van der Waals surface area contributed by atoms with Crippen LogP contribution in [0.2, 0.25) is 0 Å². The van der Waals surface area contributed by atoms with Crippen molar-refractivity contribution in [3.8, 4) is 0 Å². The number of hydrogen-bond acceptors (Lipinski definition) is 3. The number of nitrogens with two attached hydrogens (primary N) is 1. The summed E-state index contributed by atoms with van der Waals surface area (Å²) in [6.45, 7) is 15.4. The Bertz CT molecular complexity index is 344. The van der Waals surface area contributed by atoms with Gasteiger partial charge in [0.15, 0.2) is 0 Å². The van der Waals surface area contributed by atoms with Crippen molar-refractivity contribution in [3.05, 3.63) is 0 Å². The summed E-state index contributed by atoms with van der Waals surface area (Å²) in [4.78, 5) is 14.9. The number of hydrazine groups is 1. The summed E-state index contributed by atoms with van der Waals surface area (Å²) >= 11 is 0. The summed E-state index contributed by atoms with van der Waals surface area (Å²) in [5.41, 5.74) is -0.881. The van der Waals surface area contributed by atoms with Crippen molar-refractivity contribution in [1.82, 2.24) is 9.91 Å². The first-order valence-electron chi connectivity index (χ1n) is 7.46. The smallest absolute Gasteiger partial charge is 0.244 e. The molecule has 0 bridgehead atoms. The molecule has 19 heavy (non-hydrogen) atoms. The van der Waals surface area contributed by atoms with Crippen molar-refractivity contribution in [2.24, 2.45) is 5.84 Å². The van der Waals surface area contributed by atoms with E-state index in [2.05, 4.69) is 34.6 Å². The molecule has 112 valence electrons. The fourth-order valence-corrected chi connectivity index (χ4v) is 3.04. The molecule has 0 spiro atoms. The summed E-state index contributed by atoms with van der Waals surface area (Å²) in [6.07, 6.45) is 2.64. The molecule has 1 fully saturated rings. The average Bonchev–Trinajstić information content (AvgIpc) is 2.36. The van der Waals surface area contributed by atoms with Gasteiger partial charge in [-0.05, 0) is 47.0 Å². The molecule has 1 rings (SSSR count). The van der Waals surface area contributed by atoms with Gasteiger partial charge in [-0.2, -0.15) is 0 Å². The molecule has 1 unspecified atom stereocenters. The Morgan fingerprint density at radius 1 is 1.16 bits per heavy atom. The van der Waals surface area contributed by atoms with Crippen LogP contribution in [0.25, 0.3) is 0 Å². The van der Waals surface area contributed by atoms with Crippen LogP contribution in [-0.2, 0) is 4.79 Å². The third-order valence-electron chi connectivity index (χ3n) is 5.02. The van der Waals surface area contributed by atoms with Crippen molar-refractivity contribution in [3.63, 3.8) is 0 Å². The topological polar surface area (TPSA) is 49.6 Å². The fourth-order valence-electron chi connectivity index (χ4n) is 3.04. The van der Waals surface area contributed by atoms with Crippen molar-refractivity contribution in [2.45, 2.75) is 84.3 Å². The van der Waals surface area contributed by atoms with Crippen LogP contribution in [0.15, 0.2) is 0 Å². The Balaban J connectivity index is 3.33. The molecule has 1 aliphatic rings. The van der Waals surface area contributed by atoms with E-state index in [0.29, 0.717) is 6.54 Å². The van der Waals surface area contributed by atoms with Gasteiger partial charge in [0.2, 0.25) is 5.91 Å². The van der Waals surface area contributed by atoms with Crippen LogP contribution in [0.4, 0.5) is 0 Å². The lowest BCUT2D eigenvalue weighted by Crippen LogP contribution is -2.77. The van der Waals surface area contributed by atoms with Crippen LogP contribution in [-0.4, -0.2) is 39.0 Å². The van der Waals surface area contributed by atoms with Crippen LogP contribution in [0.1, 0.15) is 67.7 Å². The van der Waals surface area contributed by atoms with Crippen LogP contribution in [0.3, 0.4) is 0 Å². The maximum absolute atomic E-state index is 12.9. The first-order chi connectivity index (χ1) is 8.59. The maximum atomic E-state index is 12.9. The van der Waals surface area contributed by atoms with Gasteiger partial charge in [-0.1, -0.05) is 20.8 Å².